The van der Waals surface area contributed by atoms with Gasteiger partial charge in [-0.2, -0.15) is 0 Å². The van der Waals surface area contributed by atoms with E-state index in [0.717, 1.165) is 0 Å². The second-order valence-electron chi connectivity index (χ2n) is 7.30. The predicted octanol–water partition coefficient (Wildman–Crippen LogP) is 4.35. The number of carboxylic acids is 1. The first-order valence-electron chi connectivity index (χ1n) is 10.8. The minimum Gasteiger partial charge on any atom is -0.478 e. The van der Waals surface area contributed by atoms with Gasteiger partial charge in [-0.05, 0) is 46.8 Å². The fourth-order valence-corrected chi connectivity index (χ4v) is 3.81. The Hall–Kier alpha value is -3.48. The molecule has 0 atom stereocenters. The molecule has 0 fully saturated rings. The summed E-state index contributed by atoms with van der Waals surface area (Å²) < 4.78 is 0. The molecule has 0 spiro atoms. The van der Waals surface area contributed by atoms with Crippen molar-refractivity contribution in [3.05, 3.63) is 58.7 Å². The van der Waals surface area contributed by atoms with Gasteiger partial charge in [0.2, 0.25) is 11.6 Å². The standard InChI is InChI=1S/C25H30N2O5/c1-6-26(7-2)21-14-19(20(25(31)32)15-22(21)27(8-3)9-4)24(30)23(29)18-13-11-10-12-17(18)16(5)28/h10-15H,6-9H2,1-5H3,(H,31,32). The molecule has 32 heavy (non-hydrogen) atoms. The highest BCUT2D eigenvalue weighted by atomic mass is 16.4. The summed E-state index contributed by atoms with van der Waals surface area (Å²) in [7, 11) is 0. The van der Waals surface area contributed by atoms with Crippen LogP contribution in [0, 0.1) is 0 Å². The maximum absolute atomic E-state index is 13.3. The number of benzene rings is 2. The molecule has 0 aliphatic rings. The Bertz CT molecular complexity index is 1040. The fourth-order valence-electron chi connectivity index (χ4n) is 3.81. The van der Waals surface area contributed by atoms with Crippen molar-refractivity contribution in [2.24, 2.45) is 0 Å². The van der Waals surface area contributed by atoms with Crippen LogP contribution in [-0.2, 0) is 0 Å². The summed E-state index contributed by atoms with van der Waals surface area (Å²) in [5.74, 6) is -3.49. The van der Waals surface area contributed by atoms with Gasteiger partial charge in [-0.15, -0.1) is 0 Å². The monoisotopic (exact) mass is 438 g/mol. The summed E-state index contributed by atoms with van der Waals surface area (Å²) in [6.45, 7) is 11.8. The molecule has 0 aliphatic heterocycles. The lowest BCUT2D eigenvalue weighted by molar-refractivity contribution is 0.0691. The lowest BCUT2D eigenvalue weighted by Gasteiger charge is -2.31. The van der Waals surface area contributed by atoms with E-state index < -0.39 is 17.5 Å². The van der Waals surface area contributed by atoms with Crippen molar-refractivity contribution in [1.29, 1.82) is 0 Å². The van der Waals surface area contributed by atoms with E-state index in [2.05, 4.69) is 0 Å². The lowest BCUT2D eigenvalue weighted by Crippen LogP contribution is -2.30. The Labute approximate surface area is 188 Å². The van der Waals surface area contributed by atoms with Gasteiger partial charge in [-0.1, -0.05) is 24.3 Å². The van der Waals surface area contributed by atoms with E-state index in [1.54, 1.807) is 12.1 Å². The van der Waals surface area contributed by atoms with Crippen molar-refractivity contribution in [3.63, 3.8) is 0 Å². The van der Waals surface area contributed by atoms with E-state index in [1.807, 2.05) is 37.5 Å². The normalized spacial score (nSPS) is 10.5. The van der Waals surface area contributed by atoms with Crippen molar-refractivity contribution in [2.75, 3.05) is 36.0 Å². The Morgan fingerprint density at radius 3 is 1.50 bits per heavy atom. The van der Waals surface area contributed by atoms with Crippen LogP contribution in [0.5, 0.6) is 0 Å². The molecular formula is C25H30N2O5. The van der Waals surface area contributed by atoms with Crippen molar-refractivity contribution in [2.45, 2.75) is 34.6 Å². The van der Waals surface area contributed by atoms with Crippen LogP contribution in [0.25, 0.3) is 0 Å². The summed E-state index contributed by atoms with van der Waals surface area (Å²) in [6.07, 6.45) is 0. The maximum Gasteiger partial charge on any atom is 0.336 e. The molecule has 2 rings (SSSR count). The topological polar surface area (TPSA) is 95.0 Å². The van der Waals surface area contributed by atoms with Gasteiger partial charge in [0.15, 0.2) is 5.78 Å². The predicted molar refractivity (Wildman–Crippen MR) is 126 cm³/mol. The minimum atomic E-state index is -1.29. The second kappa shape index (κ2) is 10.7. The highest BCUT2D eigenvalue weighted by molar-refractivity contribution is 6.51. The first-order chi connectivity index (χ1) is 15.2. The number of carbonyl (C=O) groups excluding carboxylic acids is 3. The van der Waals surface area contributed by atoms with Crippen molar-refractivity contribution in [1.82, 2.24) is 0 Å². The molecule has 170 valence electrons. The first-order valence-corrected chi connectivity index (χ1v) is 10.8. The third kappa shape index (κ3) is 4.88. The summed E-state index contributed by atoms with van der Waals surface area (Å²) >= 11 is 0. The van der Waals surface area contributed by atoms with Crippen molar-refractivity contribution in [3.8, 4) is 0 Å². The van der Waals surface area contributed by atoms with Crippen LogP contribution in [0.15, 0.2) is 36.4 Å². The van der Waals surface area contributed by atoms with E-state index in [4.69, 9.17) is 0 Å². The molecule has 0 heterocycles. The molecule has 2 aromatic carbocycles. The second-order valence-corrected chi connectivity index (χ2v) is 7.30. The lowest BCUT2D eigenvalue weighted by atomic mass is 9.92. The summed E-state index contributed by atoms with van der Waals surface area (Å²) in [5, 5.41) is 9.86. The quantitative estimate of drug-likeness (QED) is 0.412. The molecule has 0 unspecified atom stereocenters. The molecule has 0 bridgehead atoms. The Kier molecular flexibility index (Phi) is 8.29. The molecule has 0 radical (unpaired) electrons. The third-order valence-corrected chi connectivity index (χ3v) is 5.56. The zero-order valence-corrected chi connectivity index (χ0v) is 19.3. The molecule has 7 nitrogen and oxygen atoms in total. The maximum atomic E-state index is 13.3. The van der Waals surface area contributed by atoms with Gasteiger partial charge in [0, 0.05) is 42.9 Å². The number of anilines is 2. The van der Waals surface area contributed by atoms with E-state index in [9.17, 15) is 24.3 Å². The smallest absolute Gasteiger partial charge is 0.336 e. The highest BCUT2D eigenvalue weighted by Crippen LogP contribution is 2.34. The van der Waals surface area contributed by atoms with Gasteiger partial charge in [-0.25, -0.2) is 4.79 Å². The number of carboxylic acid groups (broad SMARTS) is 1. The van der Waals surface area contributed by atoms with Crippen LogP contribution in [0.1, 0.15) is 76.1 Å². The summed E-state index contributed by atoms with van der Waals surface area (Å²) in [4.78, 5) is 54.4. The zero-order chi connectivity index (χ0) is 24.0. The Balaban J connectivity index is 2.75. The number of aromatic carboxylic acids is 1. The fraction of sp³-hybridized carbons (Fsp3) is 0.360. The third-order valence-electron chi connectivity index (χ3n) is 5.56. The van der Waals surface area contributed by atoms with Crippen molar-refractivity contribution < 1.29 is 24.3 Å². The zero-order valence-electron chi connectivity index (χ0n) is 19.3. The molecule has 0 aromatic heterocycles. The number of carbonyl (C=O) groups is 4. The van der Waals surface area contributed by atoms with Crippen LogP contribution in [-0.4, -0.2) is 54.6 Å². The Morgan fingerprint density at radius 1 is 0.688 bits per heavy atom. The molecule has 0 saturated heterocycles. The SMILES string of the molecule is CCN(CC)c1cc(C(=O)O)c(C(=O)C(=O)c2ccccc2C(C)=O)cc1N(CC)CC. The van der Waals surface area contributed by atoms with E-state index in [0.29, 0.717) is 37.6 Å². The van der Waals surface area contributed by atoms with Gasteiger partial charge in [0.1, 0.15) is 0 Å². The Morgan fingerprint density at radius 2 is 1.09 bits per heavy atom. The van der Waals surface area contributed by atoms with E-state index >= 15 is 0 Å². The van der Waals surface area contributed by atoms with Gasteiger partial charge in [-0.3, -0.25) is 14.4 Å². The average Bonchev–Trinajstić information content (AvgIpc) is 2.79. The molecule has 0 saturated carbocycles. The van der Waals surface area contributed by atoms with Crippen LogP contribution < -0.4 is 9.80 Å². The molecule has 2 aromatic rings. The number of hydrogen-bond acceptors (Lipinski definition) is 6. The van der Waals surface area contributed by atoms with Gasteiger partial charge >= 0.3 is 5.97 Å². The number of hydrogen-bond donors (Lipinski definition) is 1. The minimum absolute atomic E-state index is 0.0291. The van der Waals surface area contributed by atoms with Crippen LogP contribution in [0.2, 0.25) is 0 Å². The number of Topliss-reactive ketones (excluding diaryl/α,β-unsaturated/α-hetero) is 3. The van der Waals surface area contributed by atoms with Crippen LogP contribution in [0.4, 0.5) is 11.4 Å². The number of ketones is 3. The number of rotatable bonds is 11. The average molecular weight is 439 g/mol. The van der Waals surface area contributed by atoms with Gasteiger partial charge < -0.3 is 14.9 Å². The molecule has 1 N–H and O–H groups in total. The van der Waals surface area contributed by atoms with Crippen LogP contribution in [0.3, 0.4) is 0 Å². The number of nitrogens with zero attached hydrogens (tertiary/aromatic N) is 2. The van der Waals surface area contributed by atoms with Crippen molar-refractivity contribution >= 4 is 34.7 Å². The molecule has 0 aliphatic carbocycles. The largest absolute Gasteiger partial charge is 0.478 e. The molecular weight excluding hydrogens is 408 g/mol. The summed E-state index contributed by atoms with van der Waals surface area (Å²) in [5.41, 5.74) is 1.08. The molecule has 7 heteroatoms. The van der Waals surface area contributed by atoms with E-state index in [-0.39, 0.29) is 28.0 Å². The molecule has 0 amide bonds. The highest BCUT2D eigenvalue weighted by Gasteiger charge is 2.29. The first kappa shape index (κ1) is 24.8. The van der Waals surface area contributed by atoms with Gasteiger partial charge in [0.25, 0.3) is 0 Å². The summed E-state index contributed by atoms with van der Waals surface area (Å²) in [6, 6.07) is 9.04. The van der Waals surface area contributed by atoms with E-state index in [1.165, 1.54) is 31.2 Å². The van der Waals surface area contributed by atoms with Crippen LogP contribution >= 0.6 is 0 Å². The van der Waals surface area contributed by atoms with Gasteiger partial charge in [0.05, 0.1) is 16.9 Å².